The smallest absolute Gasteiger partial charge is 0.247 e. The fourth-order valence-electron chi connectivity index (χ4n) is 5.44. The van der Waals surface area contributed by atoms with Crippen molar-refractivity contribution in [3.8, 4) is 0 Å². The van der Waals surface area contributed by atoms with Crippen molar-refractivity contribution in [2.75, 3.05) is 6.54 Å². The third kappa shape index (κ3) is 4.29. The Morgan fingerprint density at radius 2 is 1.68 bits per heavy atom. The quantitative estimate of drug-likeness (QED) is 0.697. The maximum absolute atomic E-state index is 13.4. The van der Waals surface area contributed by atoms with Crippen LogP contribution < -0.4 is 5.32 Å². The first-order valence-corrected chi connectivity index (χ1v) is 11.7. The minimum absolute atomic E-state index is 0.00423. The number of benzene rings is 1. The maximum Gasteiger partial charge on any atom is 0.247 e. The van der Waals surface area contributed by atoms with Crippen LogP contribution in [0.15, 0.2) is 28.7 Å². The molecule has 2 aliphatic carbocycles. The lowest BCUT2D eigenvalue weighted by molar-refractivity contribution is -0.138. The lowest BCUT2D eigenvalue weighted by Gasteiger charge is -2.35. The first kappa shape index (κ1) is 19.9. The zero-order valence-corrected chi connectivity index (χ0v) is 18.2. The van der Waals surface area contributed by atoms with Gasteiger partial charge in [-0.15, -0.1) is 0 Å². The Kier molecular flexibility index (Phi) is 6.10. The number of likely N-dealkylation sites (tertiary alicyclic amines) is 1. The molecule has 28 heavy (non-hydrogen) atoms. The summed E-state index contributed by atoms with van der Waals surface area (Å²) in [4.78, 5) is 28.3. The Bertz CT molecular complexity index is 706. The van der Waals surface area contributed by atoms with Crippen LogP contribution in [0.25, 0.3) is 0 Å². The summed E-state index contributed by atoms with van der Waals surface area (Å²) in [6.07, 6.45) is 12.3. The number of hydrogen-bond donors (Lipinski definition) is 1. The monoisotopic (exact) mass is 446 g/mol. The van der Waals surface area contributed by atoms with Gasteiger partial charge in [0.2, 0.25) is 11.8 Å². The van der Waals surface area contributed by atoms with Crippen LogP contribution in [0.3, 0.4) is 0 Å². The van der Waals surface area contributed by atoms with Gasteiger partial charge in [0.25, 0.3) is 0 Å². The Hall–Kier alpha value is -1.36. The second-order valence-corrected chi connectivity index (χ2v) is 9.97. The number of nitrogens with one attached hydrogen (secondary N) is 1. The highest BCUT2D eigenvalue weighted by Gasteiger charge is 2.47. The van der Waals surface area contributed by atoms with Crippen LogP contribution in [0.1, 0.15) is 82.2 Å². The van der Waals surface area contributed by atoms with Crippen molar-refractivity contribution >= 4 is 27.7 Å². The molecular weight excluding hydrogens is 416 g/mol. The zero-order chi connectivity index (χ0) is 19.6. The van der Waals surface area contributed by atoms with Crippen LogP contribution in [0, 0.1) is 5.41 Å². The summed E-state index contributed by atoms with van der Waals surface area (Å²) < 4.78 is 0.985. The summed E-state index contributed by atoms with van der Waals surface area (Å²) in [6.45, 7) is 0.727. The predicted molar refractivity (Wildman–Crippen MR) is 114 cm³/mol. The lowest BCUT2D eigenvalue weighted by atomic mass is 9.73. The molecule has 2 saturated carbocycles. The van der Waals surface area contributed by atoms with Crippen molar-refractivity contribution in [1.82, 2.24) is 10.2 Å². The molecule has 0 aromatic heterocycles. The molecule has 152 valence electrons. The zero-order valence-electron chi connectivity index (χ0n) is 16.6. The Balaban J connectivity index is 1.58. The molecule has 1 aromatic carbocycles. The van der Waals surface area contributed by atoms with Gasteiger partial charge in [0.15, 0.2) is 0 Å². The SMILES string of the molecule is O=C(NC1CCCCC1)C(c1ccc(Br)cc1)N1CC2(CCCCC2)CC1=O. The van der Waals surface area contributed by atoms with Gasteiger partial charge < -0.3 is 10.2 Å². The van der Waals surface area contributed by atoms with E-state index in [0.29, 0.717) is 6.42 Å². The van der Waals surface area contributed by atoms with Gasteiger partial charge >= 0.3 is 0 Å². The largest absolute Gasteiger partial charge is 0.351 e. The molecule has 4 nitrogen and oxygen atoms in total. The fourth-order valence-corrected chi connectivity index (χ4v) is 5.71. The van der Waals surface area contributed by atoms with E-state index in [4.69, 9.17) is 0 Å². The number of amides is 2. The van der Waals surface area contributed by atoms with E-state index in [1.54, 1.807) is 0 Å². The van der Waals surface area contributed by atoms with Crippen LogP contribution in [-0.4, -0.2) is 29.3 Å². The minimum Gasteiger partial charge on any atom is -0.351 e. The standard InChI is InChI=1S/C23H31BrN2O2/c24-18-11-9-17(10-12-18)21(22(28)25-19-7-3-1-4-8-19)26-16-23(15-20(26)27)13-5-2-6-14-23/h9-12,19,21H,1-8,13-16H2,(H,25,28). The second kappa shape index (κ2) is 8.56. The van der Waals surface area contributed by atoms with Crippen LogP contribution >= 0.6 is 15.9 Å². The first-order chi connectivity index (χ1) is 13.6. The van der Waals surface area contributed by atoms with Gasteiger partial charge in [-0.25, -0.2) is 0 Å². The van der Waals surface area contributed by atoms with Crippen molar-refractivity contribution in [2.45, 2.75) is 82.7 Å². The number of nitrogens with zero attached hydrogens (tertiary/aromatic N) is 1. The van der Waals surface area contributed by atoms with Crippen molar-refractivity contribution in [3.63, 3.8) is 0 Å². The number of carbonyl (C=O) groups is 2. The van der Waals surface area contributed by atoms with Crippen LogP contribution in [0.5, 0.6) is 0 Å². The van der Waals surface area contributed by atoms with Crippen LogP contribution in [0.4, 0.5) is 0 Å². The summed E-state index contributed by atoms with van der Waals surface area (Å²) in [5.74, 6) is 0.143. The normalized spacial score (nSPS) is 23.8. The predicted octanol–water partition coefficient (Wildman–Crippen LogP) is 5.12. The van der Waals surface area contributed by atoms with Crippen LogP contribution in [0.2, 0.25) is 0 Å². The van der Waals surface area contributed by atoms with Crippen molar-refractivity contribution in [2.24, 2.45) is 5.41 Å². The summed E-state index contributed by atoms with van der Waals surface area (Å²) in [6, 6.07) is 7.63. The number of carbonyl (C=O) groups excluding carboxylic acids is 2. The maximum atomic E-state index is 13.4. The van der Waals surface area contributed by atoms with Gasteiger partial charge in [-0.05, 0) is 48.8 Å². The van der Waals surface area contributed by atoms with Gasteiger partial charge in [0.1, 0.15) is 6.04 Å². The number of rotatable bonds is 4. The van der Waals surface area contributed by atoms with Gasteiger partial charge in [-0.1, -0.05) is 66.6 Å². The highest BCUT2D eigenvalue weighted by molar-refractivity contribution is 9.10. The molecule has 0 radical (unpaired) electrons. The molecule has 3 fully saturated rings. The topological polar surface area (TPSA) is 49.4 Å². The molecule has 1 spiro atoms. The molecule has 1 aliphatic heterocycles. The summed E-state index contributed by atoms with van der Waals surface area (Å²) in [5.41, 5.74) is 1.01. The molecule has 1 atom stereocenters. The summed E-state index contributed by atoms with van der Waals surface area (Å²) >= 11 is 3.48. The van der Waals surface area contributed by atoms with Crippen molar-refractivity contribution in [3.05, 3.63) is 34.3 Å². The molecule has 1 heterocycles. The van der Waals surface area contributed by atoms with E-state index in [1.165, 1.54) is 38.5 Å². The molecule has 1 unspecified atom stereocenters. The summed E-state index contributed by atoms with van der Waals surface area (Å²) in [7, 11) is 0. The van der Waals surface area contributed by atoms with E-state index < -0.39 is 6.04 Å². The molecule has 0 bridgehead atoms. The molecule has 1 N–H and O–H groups in total. The van der Waals surface area contributed by atoms with E-state index in [9.17, 15) is 9.59 Å². The Morgan fingerprint density at radius 3 is 2.36 bits per heavy atom. The highest BCUT2D eigenvalue weighted by atomic mass is 79.9. The third-order valence-electron chi connectivity index (χ3n) is 6.96. The molecule has 4 rings (SSSR count). The Labute approximate surface area is 176 Å². The number of halogens is 1. The Morgan fingerprint density at radius 1 is 1.04 bits per heavy atom. The average Bonchev–Trinajstić information content (AvgIpc) is 3.00. The highest BCUT2D eigenvalue weighted by Crippen LogP contribution is 2.46. The van der Waals surface area contributed by atoms with Crippen LogP contribution in [-0.2, 0) is 9.59 Å². The van der Waals surface area contributed by atoms with E-state index in [2.05, 4.69) is 21.2 Å². The van der Waals surface area contributed by atoms with E-state index >= 15 is 0 Å². The summed E-state index contributed by atoms with van der Waals surface area (Å²) in [5, 5.41) is 3.28. The second-order valence-electron chi connectivity index (χ2n) is 9.06. The van der Waals surface area contributed by atoms with E-state index in [0.717, 1.165) is 42.3 Å². The minimum atomic E-state index is -0.510. The average molecular weight is 447 g/mol. The van der Waals surface area contributed by atoms with E-state index in [1.807, 2.05) is 29.2 Å². The third-order valence-corrected chi connectivity index (χ3v) is 7.49. The van der Waals surface area contributed by atoms with Gasteiger partial charge in [-0.2, -0.15) is 0 Å². The first-order valence-electron chi connectivity index (χ1n) is 10.9. The van der Waals surface area contributed by atoms with Gasteiger partial charge in [-0.3, -0.25) is 9.59 Å². The molecule has 1 saturated heterocycles. The molecule has 3 aliphatic rings. The van der Waals surface area contributed by atoms with E-state index in [-0.39, 0.29) is 23.3 Å². The van der Waals surface area contributed by atoms with Crippen molar-refractivity contribution in [1.29, 1.82) is 0 Å². The molecule has 1 aromatic rings. The molecular formula is C23H31BrN2O2. The lowest BCUT2D eigenvalue weighted by Crippen LogP contribution is -2.46. The fraction of sp³-hybridized carbons (Fsp3) is 0.652. The van der Waals surface area contributed by atoms with Gasteiger partial charge in [0, 0.05) is 23.5 Å². The molecule has 2 amide bonds. The number of hydrogen-bond acceptors (Lipinski definition) is 2. The molecule has 5 heteroatoms. The van der Waals surface area contributed by atoms with Crippen molar-refractivity contribution < 1.29 is 9.59 Å². The van der Waals surface area contributed by atoms with Gasteiger partial charge in [0.05, 0.1) is 0 Å².